The quantitative estimate of drug-likeness (QED) is 0.323. The van der Waals surface area contributed by atoms with Crippen molar-refractivity contribution in [2.75, 3.05) is 45.8 Å². The molecule has 0 aliphatic carbocycles. The molecule has 1 aromatic carbocycles. The smallest absolute Gasteiger partial charge is 0.255 e. The molecule has 2 aromatic heterocycles. The monoisotopic (exact) mass is 537 g/mol. The van der Waals surface area contributed by atoms with E-state index in [1.807, 2.05) is 16.4 Å². The Labute approximate surface area is 225 Å². The Morgan fingerprint density at radius 3 is 2.77 bits per heavy atom. The van der Waals surface area contributed by atoms with Gasteiger partial charge in [0.05, 0.1) is 48.5 Å². The summed E-state index contributed by atoms with van der Waals surface area (Å²) >= 11 is 0. The van der Waals surface area contributed by atoms with Crippen molar-refractivity contribution in [3.05, 3.63) is 53.3 Å². The first-order valence-electron chi connectivity index (χ1n) is 12.5. The first kappa shape index (κ1) is 27.8. The first-order chi connectivity index (χ1) is 18.8. The Hall–Kier alpha value is -4.21. The lowest BCUT2D eigenvalue weighted by Crippen LogP contribution is -2.36. The minimum absolute atomic E-state index is 0.0227. The number of aromatic nitrogens is 4. The van der Waals surface area contributed by atoms with Crippen LogP contribution in [-0.2, 0) is 14.3 Å². The van der Waals surface area contributed by atoms with Gasteiger partial charge in [0.1, 0.15) is 22.9 Å². The number of H-pyrrole nitrogens is 1. The van der Waals surface area contributed by atoms with E-state index in [4.69, 9.17) is 15.2 Å². The molecule has 2 aliphatic heterocycles. The van der Waals surface area contributed by atoms with Crippen LogP contribution in [0.4, 0.5) is 10.2 Å². The van der Waals surface area contributed by atoms with E-state index in [1.165, 1.54) is 12.1 Å². The number of ether oxygens (including phenoxy) is 2. The first-order valence-corrected chi connectivity index (χ1v) is 12.5. The minimum atomic E-state index is -0.676. The molecule has 39 heavy (non-hydrogen) atoms. The molecule has 5 rings (SSSR count). The molecule has 0 radical (unpaired) electrons. The lowest BCUT2D eigenvalue weighted by atomic mass is 10.1. The zero-order valence-electron chi connectivity index (χ0n) is 22.2. The van der Waals surface area contributed by atoms with Crippen molar-refractivity contribution in [1.29, 1.82) is 0 Å². The number of halogens is 1. The number of aromatic amines is 1. The molecule has 2 aliphatic rings. The molecule has 1 atom stereocenters. The van der Waals surface area contributed by atoms with Crippen molar-refractivity contribution < 1.29 is 23.5 Å². The summed E-state index contributed by atoms with van der Waals surface area (Å²) < 4.78 is 26.9. The zero-order chi connectivity index (χ0) is 28.1. The normalized spacial score (nSPS) is 16.6. The molecule has 2 fully saturated rings. The predicted octanol–water partition coefficient (Wildman–Crippen LogP) is 2.13. The van der Waals surface area contributed by atoms with Gasteiger partial charge >= 0.3 is 0 Å². The van der Waals surface area contributed by atoms with Gasteiger partial charge in [0, 0.05) is 26.8 Å². The summed E-state index contributed by atoms with van der Waals surface area (Å²) in [6.07, 6.45) is 3.50. The van der Waals surface area contributed by atoms with Crippen molar-refractivity contribution in [2.45, 2.75) is 31.8 Å². The number of fused-ring (bicyclic) bond motifs is 1. The maximum atomic E-state index is 14.6. The number of likely N-dealkylation sites (tertiary alicyclic amines) is 1. The van der Waals surface area contributed by atoms with Gasteiger partial charge in [0.2, 0.25) is 5.91 Å². The third-order valence-electron chi connectivity index (χ3n) is 6.71. The lowest BCUT2D eigenvalue weighted by Gasteiger charge is -2.28. The second-order valence-electron chi connectivity index (χ2n) is 9.21. The average Bonchev–Trinajstić information content (AvgIpc) is 3.59. The molecule has 4 N–H and O–H groups in total. The van der Waals surface area contributed by atoms with Crippen LogP contribution in [0.3, 0.4) is 0 Å². The molecule has 0 bridgehead atoms. The van der Waals surface area contributed by atoms with E-state index >= 15 is 0 Å². The second-order valence-corrected chi connectivity index (χ2v) is 9.21. The van der Waals surface area contributed by atoms with Crippen molar-refractivity contribution in [2.24, 2.45) is 5.73 Å². The van der Waals surface area contributed by atoms with Crippen LogP contribution in [0, 0.1) is 24.6 Å². The predicted molar refractivity (Wildman–Crippen MR) is 144 cm³/mol. The van der Waals surface area contributed by atoms with Crippen LogP contribution < -0.4 is 11.1 Å². The third kappa shape index (κ3) is 5.79. The van der Waals surface area contributed by atoms with Crippen LogP contribution in [0.25, 0.3) is 11.0 Å². The second kappa shape index (κ2) is 12.1. The maximum Gasteiger partial charge on any atom is 0.255 e. The molecule has 11 nitrogen and oxygen atoms in total. The SMILES string of the molecule is C=CC(=O)N1CCCC1COC.CNc1n[nH]c(C#Cc2cc3nc(C)n(C4COC4)c3cc2F)c1C(N)=O. The standard InChI is InChI=1S/C18H17FN6O2.C9H15NO2/c1-9-22-14-5-10(12(19)6-15(14)25(9)11-7-27-8-11)3-4-13-16(17(20)26)18(21-2)24-23-13;1-3-9(11)10-6-4-5-8(10)7-12-2/h5-6,11H,7-8H2,1-2H3,(H2,20,26)(H2,21,23,24);3,8H,1,4-7H2,2H3. The maximum absolute atomic E-state index is 14.6. The van der Waals surface area contributed by atoms with Gasteiger partial charge in [-0.3, -0.25) is 14.7 Å². The number of rotatable bonds is 6. The fraction of sp³-hybridized carbons (Fsp3) is 0.407. The fourth-order valence-electron chi connectivity index (χ4n) is 4.76. The van der Waals surface area contributed by atoms with Crippen LogP contribution in [0.5, 0.6) is 0 Å². The number of nitrogens with zero attached hydrogens (tertiary/aromatic N) is 4. The zero-order valence-corrected chi connectivity index (χ0v) is 22.2. The summed E-state index contributed by atoms with van der Waals surface area (Å²) in [5.41, 5.74) is 7.27. The summed E-state index contributed by atoms with van der Waals surface area (Å²) in [7, 11) is 3.27. The molecular formula is C27H32FN7O4. The van der Waals surface area contributed by atoms with Gasteiger partial charge < -0.3 is 30.0 Å². The number of methoxy groups -OCH3 is 1. The number of benzene rings is 1. The molecule has 206 valence electrons. The molecular weight excluding hydrogens is 505 g/mol. The van der Waals surface area contributed by atoms with Crippen LogP contribution in [0.2, 0.25) is 0 Å². The summed E-state index contributed by atoms with van der Waals surface area (Å²) in [6, 6.07) is 3.47. The Morgan fingerprint density at radius 2 is 2.15 bits per heavy atom. The van der Waals surface area contributed by atoms with Gasteiger partial charge in [-0.2, -0.15) is 5.10 Å². The van der Waals surface area contributed by atoms with Crippen LogP contribution in [-0.4, -0.2) is 83.0 Å². The van der Waals surface area contributed by atoms with E-state index in [0.29, 0.717) is 36.7 Å². The van der Waals surface area contributed by atoms with Gasteiger partial charge in [-0.1, -0.05) is 12.5 Å². The average molecular weight is 538 g/mol. The summed E-state index contributed by atoms with van der Waals surface area (Å²) in [5, 5.41) is 9.32. The topological polar surface area (TPSA) is 140 Å². The van der Waals surface area contributed by atoms with Gasteiger partial charge in [-0.15, -0.1) is 0 Å². The number of imidazole rings is 1. The van der Waals surface area contributed by atoms with Gasteiger partial charge in [-0.25, -0.2) is 9.37 Å². The summed E-state index contributed by atoms with van der Waals surface area (Å²) in [6.45, 7) is 8.02. The number of amides is 2. The van der Waals surface area contributed by atoms with Gasteiger partial charge in [-0.05, 0) is 37.8 Å². The highest BCUT2D eigenvalue weighted by Gasteiger charge is 2.27. The largest absolute Gasteiger partial charge is 0.383 e. The van der Waals surface area contributed by atoms with E-state index in [-0.39, 0.29) is 34.8 Å². The van der Waals surface area contributed by atoms with Gasteiger partial charge in [0.25, 0.3) is 5.91 Å². The number of nitrogens with one attached hydrogen (secondary N) is 2. The number of anilines is 1. The fourth-order valence-corrected chi connectivity index (χ4v) is 4.76. The highest BCUT2D eigenvalue weighted by Crippen LogP contribution is 2.27. The van der Waals surface area contributed by atoms with Crippen molar-refractivity contribution in [3.8, 4) is 11.8 Å². The number of primary amides is 1. The van der Waals surface area contributed by atoms with Crippen molar-refractivity contribution >= 4 is 28.7 Å². The molecule has 2 amide bonds. The molecule has 12 heteroatoms. The van der Waals surface area contributed by atoms with Crippen LogP contribution in [0.1, 0.15) is 46.3 Å². The van der Waals surface area contributed by atoms with E-state index in [1.54, 1.807) is 20.2 Å². The Kier molecular flexibility index (Phi) is 8.63. The summed E-state index contributed by atoms with van der Waals surface area (Å²) in [5.74, 6) is 5.44. The van der Waals surface area contributed by atoms with E-state index in [9.17, 15) is 14.0 Å². The summed E-state index contributed by atoms with van der Waals surface area (Å²) in [4.78, 5) is 29.2. The molecule has 1 unspecified atom stereocenters. The highest BCUT2D eigenvalue weighted by atomic mass is 19.1. The lowest BCUT2D eigenvalue weighted by molar-refractivity contribution is -0.127. The molecule has 4 heterocycles. The highest BCUT2D eigenvalue weighted by molar-refractivity contribution is 5.99. The Morgan fingerprint density at radius 1 is 1.38 bits per heavy atom. The van der Waals surface area contributed by atoms with E-state index < -0.39 is 11.7 Å². The number of hydrogen-bond acceptors (Lipinski definition) is 7. The Balaban J connectivity index is 0.000000247. The molecule has 0 spiro atoms. The van der Waals surface area contributed by atoms with Crippen molar-refractivity contribution in [3.63, 3.8) is 0 Å². The Bertz CT molecular complexity index is 1450. The molecule has 0 saturated carbocycles. The molecule has 3 aromatic rings. The number of carbonyl (C=O) groups is 2. The van der Waals surface area contributed by atoms with E-state index in [0.717, 1.165) is 25.2 Å². The van der Waals surface area contributed by atoms with Gasteiger partial charge in [0.15, 0.2) is 5.82 Å². The molecule has 2 saturated heterocycles. The number of aryl methyl sites for hydroxylation is 1. The third-order valence-corrected chi connectivity index (χ3v) is 6.71. The van der Waals surface area contributed by atoms with Crippen LogP contribution >= 0.6 is 0 Å². The van der Waals surface area contributed by atoms with Crippen LogP contribution in [0.15, 0.2) is 24.8 Å². The van der Waals surface area contributed by atoms with E-state index in [2.05, 4.69) is 38.9 Å². The number of nitrogens with two attached hydrogens (primary N) is 1. The van der Waals surface area contributed by atoms with Crippen molar-refractivity contribution in [1.82, 2.24) is 24.6 Å². The number of hydrogen-bond donors (Lipinski definition) is 3. The number of carbonyl (C=O) groups excluding carboxylic acids is 2. The minimum Gasteiger partial charge on any atom is -0.383 e.